The Morgan fingerprint density at radius 2 is 1.71 bits per heavy atom. The molecule has 0 bridgehead atoms. The standard InChI is InChI=1S/C22H23N3O3/c1-15-4-7-20(10-16(15)2)28-13-22(26)23-12-18-11-21(25-14-24-18)17-5-8-19(27-3)9-6-17/h4-11,14H,12-13H2,1-3H3,(H,23,26). The van der Waals surface area contributed by atoms with Crippen molar-refractivity contribution in [1.82, 2.24) is 15.3 Å². The number of hydrogen-bond acceptors (Lipinski definition) is 5. The summed E-state index contributed by atoms with van der Waals surface area (Å²) < 4.78 is 10.7. The van der Waals surface area contributed by atoms with Crippen LogP contribution in [0.2, 0.25) is 0 Å². The maximum Gasteiger partial charge on any atom is 0.258 e. The zero-order valence-electron chi connectivity index (χ0n) is 16.2. The molecule has 6 heteroatoms. The van der Waals surface area contributed by atoms with Crippen LogP contribution in [0.25, 0.3) is 11.3 Å². The van der Waals surface area contributed by atoms with Crippen LogP contribution in [-0.4, -0.2) is 29.6 Å². The smallest absolute Gasteiger partial charge is 0.258 e. The van der Waals surface area contributed by atoms with Crippen molar-refractivity contribution >= 4 is 5.91 Å². The van der Waals surface area contributed by atoms with Gasteiger partial charge in [0.2, 0.25) is 0 Å². The monoisotopic (exact) mass is 377 g/mol. The van der Waals surface area contributed by atoms with Crippen LogP contribution < -0.4 is 14.8 Å². The van der Waals surface area contributed by atoms with E-state index in [0.717, 1.165) is 28.3 Å². The second-order valence-corrected chi connectivity index (χ2v) is 6.43. The summed E-state index contributed by atoms with van der Waals surface area (Å²) in [6.07, 6.45) is 1.49. The number of amides is 1. The lowest BCUT2D eigenvalue weighted by Gasteiger charge is -2.09. The van der Waals surface area contributed by atoms with Crippen molar-refractivity contribution in [2.75, 3.05) is 13.7 Å². The van der Waals surface area contributed by atoms with Crippen molar-refractivity contribution in [3.05, 3.63) is 71.7 Å². The topological polar surface area (TPSA) is 73.3 Å². The van der Waals surface area contributed by atoms with Crippen LogP contribution in [-0.2, 0) is 11.3 Å². The lowest BCUT2D eigenvalue weighted by molar-refractivity contribution is -0.123. The van der Waals surface area contributed by atoms with E-state index in [1.54, 1.807) is 7.11 Å². The number of hydrogen-bond donors (Lipinski definition) is 1. The van der Waals surface area contributed by atoms with E-state index in [4.69, 9.17) is 9.47 Å². The second-order valence-electron chi connectivity index (χ2n) is 6.43. The molecule has 0 saturated heterocycles. The van der Waals surface area contributed by atoms with E-state index in [-0.39, 0.29) is 12.5 Å². The highest BCUT2D eigenvalue weighted by Gasteiger charge is 2.07. The van der Waals surface area contributed by atoms with Gasteiger partial charge in [-0.2, -0.15) is 0 Å². The summed E-state index contributed by atoms with van der Waals surface area (Å²) in [5.74, 6) is 1.26. The van der Waals surface area contributed by atoms with Crippen LogP contribution >= 0.6 is 0 Å². The van der Waals surface area contributed by atoms with Crippen LogP contribution in [0.4, 0.5) is 0 Å². The maximum absolute atomic E-state index is 12.1. The molecule has 3 aromatic rings. The molecule has 0 fully saturated rings. The van der Waals surface area contributed by atoms with Gasteiger partial charge >= 0.3 is 0 Å². The van der Waals surface area contributed by atoms with Gasteiger partial charge in [0, 0.05) is 5.56 Å². The lowest BCUT2D eigenvalue weighted by atomic mass is 10.1. The molecular weight excluding hydrogens is 354 g/mol. The fourth-order valence-electron chi connectivity index (χ4n) is 2.61. The fourth-order valence-corrected chi connectivity index (χ4v) is 2.61. The van der Waals surface area contributed by atoms with Gasteiger partial charge in [-0.3, -0.25) is 4.79 Å². The highest BCUT2D eigenvalue weighted by atomic mass is 16.5. The van der Waals surface area contributed by atoms with Crippen molar-refractivity contribution in [1.29, 1.82) is 0 Å². The van der Waals surface area contributed by atoms with Crippen molar-refractivity contribution in [2.45, 2.75) is 20.4 Å². The summed E-state index contributed by atoms with van der Waals surface area (Å²) in [6, 6.07) is 15.2. The molecule has 0 aliphatic rings. The number of carbonyl (C=O) groups is 1. The molecule has 0 unspecified atom stereocenters. The Morgan fingerprint density at radius 3 is 2.43 bits per heavy atom. The minimum absolute atomic E-state index is 0.0427. The first-order chi connectivity index (χ1) is 13.5. The number of ether oxygens (including phenoxy) is 2. The van der Waals surface area contributed by atoms with Crippen molar-refractivity contribution in [3.8, 4) is 22.8 Å². The summed E-state index contributed by atoms with van der Waals surface area (Å²) in [5.41, 5.74) is 4.78. The summed E-state index contributed by atoms with van der Waals surface area (Å²) in [6.45, 7) is 4.31. The molecule has 0 spiro atoms. The van der Waals surface area contributed by atoms with Gasteiger partial charge in [0.15, 0.2) is 6.61 Å². The molecule has 144 valence electrons. The lowest BCUT2D eigenvalue weighted by Crippen LogP contribution is -2.28. The van der Waals surface area contributed by atoms with Crippen LogP contribution in [0.15, 0.2) is 54.9 Å². The van der Waals surface area contributed by atoms with Crippen LogP contribution in [0.3, 0.4) is 0 Å². The Balaban J connectivity index is 1.55. The van der Waals surface area contributed by atoms with Crippen molar-refractivity contribution in [2.24, 2.45) is 0 Å². The summed E-state index contributed by atoms with van der Waals surface area (Å²) in [5, 5.41) is 2.82. The Kier molecular flexibility index (Phi) is 6.22. The van der Waals surface area contributed by atoms with E-state index in [9.17, 15) is 4.79 Å². The Bertz CT molecular complexity index is 955. The zero-order chi connectivity index (χ0) is 19.9. The normalized spacial score (nSPS) is 10.4. The average molecular weight is 377 g/mol. The molecule has 0 saturated carbocycles. The highest BCUT2D eigenvalue weighted by molar-refractivity contribution is 5.77. The van der Waals surface area contributed by atoms with E-state index in [2.05, 4.69) is 15.3 Å². The first kappa shape index (κ1) is 19.4. The maximum atomic E-state index is 12.1. The Morgan fingerprint density at radius 1 is 0.964 bits per heavy atom. The first-order valence-corrected chi connectivity index (χ1v) is 8.97. The largest absolute Gasteiger partial charge is 0.497 e. The number of nitrogens with zero attached hydrogens (tertiary/aromatic N) is 2. The number of benzene rings is 2. The third-order valence-corrected chi connectivity index (χ3v) is 4.42. The molecular formula is C22H23N3O3. The Hall–Kier alpha value is -3.41. The third kappa shape index (κ3) is 5.07. The number of aromatic nitrogens is 2. The quantitative estimate of drug-likeness (QED) is 0.683. The van der Waals surface area contributed by atoms with Gasteiger partial charge in [0.1, 0.15) is 17.8 Å². The first-order valence-electron chi connectivity index (χ1n) is 8.97. The molecule has 0 aliphatic carbocycles. The number of methoxy groups -OCH3 is 1. The molecule has 0 atom stereocenters. The van der Waals surface area contributed by atoms with Crippen molar-refractivity contribution in [3.63, 3.8) is 0 Å². The molecule has 1 amide bonds. The highest BCUT2D eigenvalue weighted by Crippen LogP contribution is 2.20. The van der Waals surface area contributed by atoms with E-state index in [0.29, 0.717) is 12.3 Å². The van der Waals surface area contributed by atoms with Gasteiger partial charge in [-0.15, -0.1) is 0 Å². The van der Waals surface area contributed by atoms with Gasteiger partial charge in [-0.1, -0.05) is 6.07 Å². The molecule has 0 radical (unpaired) electrons. The van der Waals surface area contributed by atoms with Gasteiger partial charge < -0.3 is 14.8 Å². The number of nitrogens with one attached hydrogen (secondary N) is 1. The molecule has 1 heterocycles. The number of rotatable bonds is 7. The van der Waals surface area contributed by atoms with Crippen LogP contribution in [0, 0.1) is 13.8 Å². The zero-order valence-corrected chi connectivity index (χ0v) is 16.2. The summed E-state index contributed by atoms with van der Waals surface area (Å²) >= 11 is 0. The predicted octanol–water partition coefficient (Wildman–Crippen LogP) is 3.46. The average Bonchev–Trinajstić information content (AvgIpc) is 2.73. The van der Waals surface area contributed by atoms with Crippen LogP contribution in [0.1, 0.15) is 16.8 Å². The number of carbonyl (C=O) groups excluding carboxylic acids is 1. The third-order valence-electron chi connectivity index (χ3n) is 4.42. The van der Waals surface area contributed by atoms with Gasteiger partial charge in [-0.25, -0.2) is 9.97 Å². The molecule has 3 rings (SSSR count). The van der Waals surface area contributed by atoms with E-state index >= 15 is 0 Å². The molecule has 28 heavy (non-hydrogen) atoms. The van der Waals surface area contributed by atoms with Gasteiger partial charge in [0.05, 0.1) is 25.0 Å². The molecule has 1 aromatic heterocycles. The van der Waals surface area contributed by atoms with Crippen molar-refractivity contribution < 1.29 is 14.3 Å². The second kappa shape index (κ2) is 8.99. The minimum Gasteiger partial charge on any atom is -0.497 e. The molecule has 6 nitrogen and oxygen atoms in total. The van der Waals surface area contributed by atoms with Gasteiger partial charge in [-0.05, 0) is 67.4 Å². The predicted molar refractivity (Wildman–Crippen MR) is 107 cm³/mol. The SMILES string of the molecule is COc1ccc(-c2cc(CNC(=O)COc3ccc(C)c(C)c3)ncn2)cc1. The molecule has 0 aliphatic heterocycles. The number of aryl methyl sites for hydroxylation is 2. The summed E-state index contributed by atoms with van der Waals surface area (Å²) in [4.78, 5) is 20.6. The van der Waals surface area contributed by atoms with E-state index < -0.39 is 0 Å². The van der Waals surface area contributed by atoms with Crippen LogP contribution in [0.5, 0.6) is 11.5 Å². The fraction of sp³-hybridized carbons (Fsp3) is 0.227. The molecule has 1 N–H and O–H groups in total. The summed E-state index contributed by atoms with van der Waals surface area (Å²) in [7, 11) is 1.63. The Labute approximate surface area is 164 Å². The van der Waals surface area contributed by atoms with E-state index in [1.807, 2.05) is 62.4 Å². The van der Waals surface area contributed by atoms with E-state index in [1.165, 1.54) is 11.9 Å². The molecule has 2 aromatic carbocycles. The van der Waals surface area contributed by atoms with Gasteiger partial charge in [0.25, 0.3) is 5.91 Å². The minimum atomic E-state index is -0.206.